The standard InChI is InChI=1S/C14H13ClN4/c1-9-4-2-5-10(17-9)8-19-13-11(15)6-3-7-12(13)18-14(19)16/h2-7H,8H2,1H3,(H2,16,18). The van der Waals surface area contributed by atoms with Gasteiger partial charge < -0.3 is 10.3 Å². The number of nitrogens with zero attached hydrogens (tertiary/aromatic N) is 3. The zero-order valence-corrected chi connectivity index (χ0v) is 11.2. The van der Waals surface area contributed by atoms with Gasteiger partial charge in [0.15, 0.2) is 0 Å². The van der Waals surface area contributed by atoms with Gasteiger partial charge in [0.05, 0.1) is 28.3 Å². The average Bonchev–Trinajstić information content (AvgIpc) is 2.67. The Morgan fingerprint density at radius 3 is 2.74 bits per heavy atom. The zero-order valence-electron chi connectivity index (χ0n) is 10.5. The molecule has 2 N–H and O–H groups in total. The van der Waals surface area contributed by atoms with Crippen LogP contribution >= 0.6 is 11.6 Å². The summed E-state index contributed by atoms with van der Waals surface area (Å²) in [6, 6.07) is 11.5. The number of hydrogen-bond donors (Lipinski definition) is 1. The molecule has 0 spiro atoms. The minimum absolute atomic E-state index is 0.450. The van der Waals surface area contributed by atoms with Crippen molar-refractivity contribution in [1.82, 2.24) is 14.5 Å². The van der Waals surface area contributed by atoms with E-state index in [-0.39, 0.29) is 0 Å². The van der Waals surface area contributed by atoms with E-state index in [1.54, 1.807) is 0 Å². The molecule has 5 heteroatoms. The molecule has 0 aliphatic rings. The summed E-state index contributed by atoms with van der Waals surface area (Å²) in [7, 11) is 0. The Labute approximate surface area is 115 Å². The van der Waals surface area contributed by atoms with E-state index in [9.17, 15) is 0 Å². The lowest BCUT2D eigenvalue weighted by Crippen LogP contribution is -2.06. The highest BCUT2D eigenvalue weighted by Crippen LogP contribution is 2.26. The maximum absolute atomic E-state index is 6.24. The van der Waals surface area contributed by atoms with Crippen LogP contribution in [0.2, 0.25) is 5.02 Å². The molecule has 3 aromatic rings. The molecule has 0 aliphatic carbocycles. The van der Waals surface area contributed by atoms with Crippen molar-refractivity contribution in [1.29, 1.82) is 0 Å². The van der Waals surface area contributed by atoms with E-state index in [0.29, 0.717) is 17.5 Å². The summed E-state index contributed by atoms with van der Waals surface area (Å²) < 4.78 is 1.89. The summed E-state index contributed by atoms with van der Waals surface area (Å²) in [6.45, 7) is 2.53. The highest BCUT2D eigenvalue weighted by Gasteiger charge is 2.11. The van der Waals surface area contributed by atoms with E-state index in [0.717, 1.165) is 22.4 Å². The van der Waals surface area contributed by atoms with Gasteiger partial charge in [0.25, 0.3) is 0 Å². The van der Waals surface area contributed by atoms with Gasteiger partial charge in [0.1, 0.15) is 0 Å². The number of pyridine rings is 1. The van der Waals surface area contributed by atoms with Crippen molar-refractivity contribution in [3.8, 4) is 0 Å². The van der Waals surface area contributed by atoms with Crippen LogP contribution in [0.4, 0.5) is 5.95 Å². The molecule has 0 aliphatic heterocycles. The first-order valence-corrected chi connectivity index (χ1v) is 6.36. The third kappa shape index (κ3) is 2.15. The molecule has 19 heavy (non-hydrogen) atoms. The van der Waals surface area contributed by atoms with Crippen LogP contribution in [0.3, 0.4) is 0 Å². The Balaban J connectivity index is 2.12. The first-order chi connectivity index (χ1) is 9.15. The monoisotopic (exact) mass is 272 g/mol. The number of benzene rings is 1. The highest BCUT2D eigenvalue weighted by molar-refractivity contribution is 6.35. The van der Waals surface area contributed by atoms with E-state index in [4.69, 9.17) is 17.3 Å². The molecule has 1 aromatic carbocycles. The molecule has 0 radical (unpaired) electrons. The van der Waals surface area contributed by atoms with Gasteiger partial charge in [-0.15, -0.1) is 0 Å². The number of hydrogen-bond acceptors (Lipinski definition) is 3. The molecular formula is C14H13ClN4. The summed E-state index contributed by atoms with van der Waals surface area (Å²) in [5, 5.41) is 0.648. The van der Waals surface area contributed by atoms with Crippen molar-refractivity contribution in [2.45, 2.75) is 13.5 Å². The number of anilines is 1. The predicted molar refractivity (Wildman–Crippen MR) is 77.2 cm³/mol. The SMILES string of the molecule is Cc1cccc(Cn2c(N)nc3cccc(Cl)c32)n1. The number of para-hydroxylation sites is 1. The van der Waals surface area contributed by atoms with Gasteiger partial charge in [-0.1, -0.05) is 23.7 Å². The Morgan fingerprint density at radius 1 is 1.16 bits per heavy atom. The van der Waals surface area contributed by atoms with E-state index in [2.05, 4.69) is 9.97 Å². The average molecular weight is 273 g/mol. The number of fused-ring (bicyclic) bond motifs is 1. The van der Waals surface area contributed by atoms with Crippen LogP contribution in [0.25, 0.3) is 11.0 Å². The van der Waals surface area contributed by atoms with Crippen molar-refractivity contribution < 1.29 is 0 Å². The molecule has 0 atom stereocenters. The van der Waals surface area contributed by atoms with Crippen LogP contribution in [-0.2, 0) is 6.54 Å². The normalized spacial score (nSPS) is 11.1. The maximum atomic E-state index is 6.24. The zero-order chi connectivity index (χ0) is 13.4. The quantitative estimate of drug-likeness (QED) is 0.780. The molecule has 0 bridgehead atoms. The minimum atomic E-state index is 0.450. The Morgan fingerprint density at radius 2 is 1.95 bits per heavy atom. The largest absolute Gasteiger partial charge is 0.369 e. The minimum Gasteiger partial charge on any atom is -0.369 e. The van der Waals surface area contributed by atoms with Gasteiger partial charge >= 0.3 is 0 Å². The first-order valence-electron chi connectivity index (χ1n) is 5.98. The molecule has 2 heterocycles. The summed E-state index contributed by atoms with van der Waals surface area (Å²) in [5.74, 6) is 0.450. The van der Waals surface area contributed by atoms with Crippen molar-refractivity contribution >= 4 is 28.6 Å². The summed E-state index contributed by atoms with van der Waals surface area (Å²) in [5.41, 5.74) is 9.54. The number of imidazole rings is 1. The van der Waals surface area contributed by atoms with E-state index >= 15 is 0 Å². The van der Waals surface area contributed by atoms with Crippen LogP contribution in [0.15, 0.2) is 36.4 Å². The lowest BCUT2D eigenvalue weighted by Gasteiger charge is -2.07. The van der Waals surface area contributed by atoms with Crippen LogP contribution in [0.5, 0.6) is 0 Å². The molecule has 0 saturated heterocycles. The summed E-state index contributed by atoms with van der Waals surface area (Å²) in [6.07, 6.45) is 0. The van der Waals surface area contributed by atoms with E-state index < -0.39 is 0 Å². The summed E-state index contributed by atoms with van der Waals surface area (Å²) >= 11 is 6.24. The predicted octanol–water partition coefficient (Wildman–Crippen LogP) is 3.02. The molecule has 4 nitrogen and oxygen atoms in total. The Kier molecular flexibility index (Phi) is 2.87. The molecule has 0 unspecified atom stereocenters. The topological polar surface area (TPSA) is 56.7 Å². The van der Waals surface area contributed by atoms with Crippen molar-refractivity contribution in [2.24, 2.45) is 0 Å². The van der Waals surface area contributed by atoms with Gasteiger partial charge in [0, 0.05) is 5.69 Å². The lowest BCUT2D eigenvalue weighted by atomic mass is 10.3. The molecule has 0 saturated carbocycles. The number of aromatic nitrogens is 3. The van der Waals surface area contributed by atoms with Crippen LogP contribution < -0.4 is 5.73 Å². The fourth-order valence-electron chi connectivity index (χ4n) is 2.17. The molecule has 3 rings (SSSR count). The fourth-order valence-corrected chi connectivity index (χ4v) is 2.44. The van der Waals surface area contributed by atoms with Gasteiger partial charge in [-0.25, -0.2) is 4.98 Å². The Hall–Kier alpha value is -2.07. The first kappa shape index (κ1) is 12.0. The van der Waals surface area contributed by atoms with Gasteiger partial charge in [-0.3, -0.25) is 4.98 Å². The second-order valence-electron chi connectivity index (χ2n) is 4.43. The van der Waals surface area contributed by atoms with Crippen molar-refractivity contribution in [3.63, 3.8) is 0 Å². The fraction of sp³-hybridized carbons (Fsp3) is 0.143. The molecule has 0 amide bonds. The van der Waals surface area contributed by atoms with Crippen LogP contribution in [0, 0.1) is 6.92 Å². The van der Waals surface area contributed by atoms with E-state index in [1.165, 1.54) is 0 Å². The smallest absolute Gasteiger partial charge is 0.201 e. The van der Waals surface area contributed by atoms with E-state index in [1.807, 2.05) is 47.9 Å². The number of halogens is 1. The van der Waals surface area contributed by atoms with Crippen LogP contribution in [-0.4, -0.2) is 14.5 Å². The molecular weight excluding hydrogens is 260 g/mol. The lowest BCUT2D eigenvalue weighted by molar-refractivity contribution is 0.805. The van der Waals surface area contributed by atoms with Crippen molar-refractivity contribution in [3.05, 3.63) is 52.8 Å². The van der Waals surface area contributed by atoms with Gasteiger partial charge in [-0.05, 0) is 31.2 Å². The number of aryl methyl sites for hydroxylation is 1. The van der Waals surface area contributed by atoms with Gasteiger partial charge in [0.2, 0.25) is 5.95 Å². The van der Waals surface area contributed by atoms with Gasteiger partial charge in [-0.2, -0.15) is 0 Å². The Bertz CT molecular complexity index is 748. The molecule has 0 fully saturated rings. The highest BCUT2D eigenvalue weighted by atomic mass is 35.5. The van der Waals surface area contributed by atoms with Crippen molar-refractivity contribution in [2.75, 3.05) is 5.73 Å². The number of nitrogens with two attached hydrogens (primary N) is 1. The molecule has 96 valence electrons. The third-order valence-electron chi connectivity index (χ3n) is 3.01. The third-order valence-corrected chi connectivity index (χ3v) is 3.32. The second-order valence-corrected chi connectivity index (χ2v) is 4.84. The maximum Gasteiger partial charge on any atom is 0.201 e. The number of rotatable bonds is 2. The second kappa shape index (κ2) is 4.55. The number of nitrogen functional groups attached to an aromatic ring is 1. The molecule has 2 aromatic heterocycles. The van der Waals surface area contributed by atoms with Crippen LogP contribution in [0.1, 0.15) is 11.4 Å². The summed E-state index contributed by atoms with van der Waals surface area (Å²) in [4.78, 5) is 8.80.